The Balaban J connectivity index is 1.64. The van der Waals surface area contributed by atoms with Gasteiger partial charge in [-0.1, -0.05) is 44.2 Å². The Hall–Kier alpha value is -3.20. The van der Waals surface area contributed by atoms with Crippen LogP contribution < -0.4 is 0 Å². The number of carboxylic acids is 1. The van der Waals surface area contributed by atoms with Crippen molar-refractivity contribution < 1.29 is 9.90 Å². The fourth-order valence-electron chi connectivity index (χ4n) is 4.31. The number of hydrogen-bond donors (Lipinski definition) is 1. The van der Waals surface area contributed by atoms with Crippen LogP contribution in [0.15, 0.2) is 36.5 Å². The maximum atomic E-state index is 11.1. The molecule has 1 aliphatic rings. The van der Waals surface area contributed by atoms with Gasteiger partial charge in [0.1, 0.15) is 11.7 Å². The lowest BCUT2D eigenvalue weighted by atomic mass is 9.87. The molecule has 0 atom stereocenters. The molecule has 4 rings (SSSR count). The van der Waals surface area contributed by atoms with Gasteiger partial charge in [0.2, 0.25) is 5.82 Å². The van der Waals surface area contributed by atoms with E-state index in [1.807, 2.05) is 18.2 Å². The van der Waals surface area contributed by atoms with Gasteiger partial charge in [-0.15, -0.1) is 0 Å². The number of benzene rings is 1. The minimum absolute atomic E-state index is 0.187. The molecule has 2 aromatic heterocycles. The standard InChI is InChI=1S/C23H24N4O2/c24-14-21-25-15-19-13-20(12-17-6-8-18(9-7-17)23(28)29)27(22(19)26-21)11-10-16-4-2-1-3-5-16/h6-9,13,15-16H,1-5,10-12H2,(H,28,29). The zero-order valence-corrected chi connectivity index (χ0v) is 16.3. The molecule has 6 nitrogen and oxygen atoms in total. The van der Waals surface area contributed by atoms with Crippen LogP contribution in [0.25, 0.3) is 11.0 Å². The molecule has 148 valence electrons. The van der Waals surface area contributed by atoms with Gasteiger partial charge in [0, 0.05) is 30.2 Å². The normalized spacial score (nSPS) is 14.7. The van der Waals surface area contributed by atoms with Crippen LogP contribution in [0.1, 0.15) is 66.0 Å². The summed E-state index contributed by atoms with van der Waals surface area (Å²) in [6, 6.07) is 11.1. The third-order valence-corrected chi connectivity index (χ3v) is 5.89. The van der Waals surface area contributed by atoms with Crippen molar-refractivity contribution in [3.05, 3.63) is 59.2 Å². The van der Waals surface area contributed by atoms with Crippen molar-refractivity contribution in [2.75, 3.05) is 0 Å². The number of aromatic nitrogens is 3. The summed E-state index contributed by atoms with van der Waals surface area (Å²) in [6.45, 7) is 0.874. The summed E-state index contributed by atoms with van der Waals surface area (Å²) < 4.78 is 2.22. The summed E-state index contributed by atoms with van der Waals surface area (Å²) in [5.41, 5.74) is 3.26. The molecule has 0 amide bonds. The van der Waals surface area contributed by atoms with E-state index < -0.39 is 5.97 Å². The minimum atomic E-state index is -0.919. The lowest BCUT2D eigenvalue weighted by Crippen LogP contribution is -2.12. The topological polar surface area (TPSA) is 91.8 Å². The Morgan fingerprint density at radius 1 is 1.21 bits per heavy atom. The minimum Gasteiger partial charge on any atom is -0.478 e. The highest BCUT2D eigenvalue weighted by atomic mass is 16.4. The molecule has 0 radical (unpaired) electrons. The Kier molecular flexibility index (Phi) is 5.57. The number of hydrogen-bond acceptors (Lipinski definition) is 4. The molecule has 1 fully saturated rings. The van der Waals surface area contributed by atoms with Crippen molar-refractivity contribution in [2.24, 2.45) is 5.92 Å². The van der Waals surface area contributed by atoms with Crippen molar-refractivity contribution in [3.63, 3.8) is 0 Å². The number of nitrogens with zero attached hydrogens (tertiary/aromatic N) is 4. The number of carbonyl (C=O) groups is 1. The lowest BCUT2D eigenvalue weighted by molar-refractivity contribution is 0.0697. The van der Waals surface area contributed by atoms with E-state index in [0.29, 0.717) is 6.42 Å². The third kappa shape index (κ3) is 4.29. The van der Waals surface area contributed by atoms with E-state index in [2.05, 4.69) is 20.6 Å². The van der Waals surface area contributed by atoms with Crippen molar-refractivity contribution in [2.45, 2.75) is 51.5 Å². The van der Waals surface area contributed by atoms with Crippen molar-refractivity contribution in [3.8, 4) is 6.07 Å². The number of aryl methyl sites for hydroxylation is 1. The Bertz CT molecular complexity index is 1060. The number of aromatic carboxylic acids is 1. The van der Waals surface area contributed by atoms with E-state index in [1.165, 1.54) is 32.1 Å². The molecule has 0 unspecified atom stereocenters. The summed E-state index contributed by atoms with van der Waals surface area (Å²) in [6.07, 6.45) is 10.1. The second kappa shape index (κ2) is 8.44. The van der Waals surface area contributed by atoms with Gasteiger partial charge < -0.3 is 9.67 Å². The summed E-state index contributed by atoms with van der Waals surface area (Å²) in [5.74, 6) is 0.0190. The smallest absolute Gasteiger partial charge is 0.335 e. The van der Waals surface area contributed by atoms with E-state index in [4.69, 9.17) is 5.11 Å². The largest absolute Gasteiger partial charge is 0.478 e. The van der Waals surface area contributed by atoms with Crippen LogP contribution in [0.3, 0.4) is 0 Å². The van der Waals surface area contributed by atoms with E-state index in [-0.39, 0.29) is 11.4 Å². The molecular formula is C23H24N4O2. The first-order chi connectivity index (χ1) is 14.1. The Morgan fingerprint density at radius 2 is 1.97 bits per heavy atom. The van der Waals surface area contributed by atoms with E-state index in [0.717, 1.165) is 41.2 Å². The van der Waals surface area contributed by atoms with Crippen LogP contribution in [-0.4, -0.2) is 25.6 Å². The van der Waals surface area contributed by atoms with Gasteiger partial charge in [-0.05, 0) is 36.1 Å². The predicted molar refractivity (Wildman–Crippen MR) is 110 cm³/mol. The van der Waals surface area contributed by atoms with E-state index in [9.17, 15) is 10.1 Å². The van der Waals surface area contributed by atoms with Gasteiger partial charge in [-0.2, -0.15) is 5.26 Å². The molecule has 0 bridgehead atoms. The van der Waals surface area contributed by atoms with Crippen molar-refractivity contribution in [1.29, 1.82) is 5.26 Å². The fourth-order valence-corrected chi connectivity index (χ4v) is 4.31. The summed E-state index contributed by atoms with van der Waals surface area (Å²) in [5, 5.41) is 19.2. The number of carboxylic acid groups (broad SMARTS) is 1. The summed E-state index contributed by atoms with van der Waals surface area (Å²) >= 11 is 0. The SMILES string of the molecule is N#Cc1ncc2cc(Cc3ccc(C(=O)O)cc3)n(CCC3CCCCC3)c2n1. The molecule has 0 spiro atoms. The van der Waals surface area contributed by atoms with Gasteiger partial charge in [0.25, 0.3) is 0 Å². The van der Waals surface area contributed by atoms with Gasteiger partial charge in [-0.25, -0.2) is 14.8 Å². The van der Waals surface area contributed by atoms with E-state index in [1.54, 1.807) is 18.3 Å². The monoisotopic (exact) mass is 388 g/mol. The Morgan fingerprint density at radius 3 is 2.66 bits per heavy atom. The van der Waals surface area contributed by atoms with Crippen LogP contribution in [0.5, 0.6) is 0 Å². The fraction of sp³-hybridized carbons (Fsp3) is 0.391. The first kappa shape index (κ1) is 19.1. The highest BCUT2D eigenvalue weighted by molar-refractivity contribution is 5.87. The van der Waals surface area contributed by atoms with Gasteiger partial charge in [0.15, 0.2) is 0 Å². The lowest BCUT2D eigenvalue weighted by Gasteiger charge is -2.22. The first-order valence-corrected chi connectivity index (χ1v) is 10.2. The molecule has 6 heteroatoms. The number of fused-ring (bicyclic) bond motifs is 1. The molecule has 1 aromatic carbocycles. The molecule has 2 heterocycles. The molecule has 3 aromatic rings. The zero-order valence-electron chi connectivity index (χ0n) is 16.3. The van der Waals surface area contributed by atoms with Crippen LogP contribution in [-0.2, 0) is 13.0 Å². The molecule has 0 aliphatic heterocycles. The van der Waals surface area contributed by atoms with Crippen LogP contribution in [0.4, 0.5) is 0 Å². The van der Waals surface area contributed by atoms with Crippen LogP contribution >= 0.6 is 0 Å². The zero-order chi connectivity index (χ0) is 20.2. The molecule has 1 saturated carbocycles. The average Bonchev–Trinajstić information content (AvgIpc) is 3.09. The molecular weight excluding hydrogens is 364 g/mol. The predicted octanol–water partition coefficient (Wildman–Crippen LogP) is 4.56. The molecule has 1 N–H and O–H groups in total. The highest BCUT2D eigenvalue weighted by Gasteiger charge is 2.17. The number of rotatable bonds is 6. The molecule has 1 aliphatic carbocycles. The van der Waals surface area contributed by atoms with E-state index >= 15 is 0 Å². The average molecular weight is 388 g/mol. The van der Waals surface area contributed by atoms with Gasteiger partial charge in [0.05, 0.1) is 5.56 Å². The third-order valence-electron chi connectivity index (χ3n) is 5.89. The Labute approximate surface area is 169 Å². The van der Waals surface area contributed by atoms with Crippen LogP contribution in [0.2, 0.25) is 0 Å². The van der Waals surface area contributed by atoms with Crippen LogP contribution in [0, 0.1) is 17.2 Å². The second-order valence-corrected chi connectivity index (χ2v) is 7.84. The van der Waals surface area contributed by atoms with Gasteiger partial charge >= 0.3 is 5.97 Å². The molecule has 0 saturated heterocycles. The summed E-state index contributed by atoms with van der Waals surface area (Å²) in [4.78, 5) is 19.7. The van der Waals surface area contributed by atoms with Gasteiger partial charge in [-0.3, -0.25) is 0 Å². The van der Waals surface area contributed by atoms with Crippen molar-refractivity contribution in [1.82, 2.24) is 14.5 Å². The maximum absolute atomic E-state index is 11.1. The number of nitriles is 1. The summed E-state index contributed by atoms with van der Waals surface area (Å²) in [7, 11) is 0. The second-order valence-electron chi connectivity index (χ2n) is 7.84. The highest BCUT2D eigenvalue weighted by Crippen LogP contribution is 2.28. The van der Waals surface area contributed by atoms with Crippen molar-refractivity contribution >= 4 is 17.0 Å². The maximum Gasteiger partial charge on any atom is 0.335 e. The first-order valence-electron chi connectivity index (χ1n) is 10.2. The quantitative estimate of drug-likeness (QED) is 0.668. The molecule has 29 heavy (non-hydrogen) atoms.